The highest BCUT2D eigenvalue weighted by Gasteiger charge is 2.35. The molecule has 3 aliphatic heterocycles. The molecule has 1 N–H and O–H groups in total. The Morgan fingerprint density at radius 2 is 2.00 bits per heavy atom. The molecule has 2 aromatic rings. The first kappa shape index (κ1) is 18.6. The van der Waals surface area contributed by atoms with E-state index in [0.717, 1.165) is 51.1 Å². The predicted octanol–water partition coefficient (Wildman–Crippen LogP) is 2.49. The zero-order valence-corrected chi connectivity index (χ0v) is 17.1. The van der Waals surface area contributed by atoms with Crippen LogP contribution in [0.2, 0.25) is 0 Å². The van der Waals surface area contributed by atoms with Gasteiger partial charge in [-0.1, -0.05) is 6.07 Å². The van der Waals surface area contributed by atoms with E-state index in [-0.39, 0.29) is 11.7 Å². The van der Waals surface area contributed by atoms with Crippen LogP contribution < -0.4 is 5.56 Å². The maximum absolute atomic E-state index is 13.2. The zero-order valence-electron chi connectivity index (χ0n) is 16.3. The van der Waals surface area contributed by atoms with E-state index in [2.05, 4.69) is 37.3 Å². The van der Waals surface area contributed by atoms with Crippen LogP contribution in [0.15, 0.2) is 33.8 Å². The number of nitrogens with zero attached hydrogens (tertiary/aromatic N) is 3. The number of hydrogen-bond acceptors (Lipinski definition) is 5. The average Bonchev–Trinajstić information content (AvgIpc) is 3.17. The molecule has 3 aliphatic rings. The summed E-state index contributed by atoms with van der Waals surface area (Å²) in [6, 6.07) is 6.47. The minimum Gasteiger partial charge on any atom is -0.392 e. The second-order valence-electron chi connectivity index (χ2n) is 8.85. The van der Waals surface area contributed by atoms with Crippen LogP contribution in [0.3, 0.4) is 0 Å². The van der Waals surface area contributed by atoms with Crippen molar-refractivity contribution in [3.63, 3.8) is 0 Å². The van der Waals surface area contributed by atoms with Gasteiger partial charge in [0.15, 0.2) is 0 Å². The number of likely N-dealkylation sites (tertiary alicyclic amines) is 2. The van der Waals surface area contributed by atoms with Gasteiger partial charge in [-0.15, -0.1) is 0 Å². The summed E-state index contributed by atoms with van der Waals surface area (Å²) in [5, 5.41) is 14.3. The molecule has 3 atom stereocenters. The van der Waals surface area contributed by atoms with E-state index in [4.69, 9.17) is 0 Å². The van der Waals surface area contributed by atoms with Crippen molar-refractivity contribution in [2.75, 3.05) is 26.2 Å². The third-order valence-electron chi connectivity index (χ3n) is 6.62. The minimum absolute atomic E-state index is 0.193. The molecule has 2 aromatic heterocycles. The number of piperidine rings is 2. The minimum atomic E-state index is -0.248. The third kappa shape index (κ3) is 3.71. The van der Waals surface area contributed by atoms with Gasteiger partial charge in [0, 0.05) is 56.4 Å². The molecule has 0 radical (unpaired) electrons. The summed E-state index contributed by atoms with van der Waals surface area (Å²) in [6.07, 6.45) is 2.85. The first-order valence-electron chi connectivity index (χ1n) is 10.5. The van der Waals surface area contributed by atoms with E-state index in [1.54, 1.807) is 11.3 Å². The van der Waals surface area contributed by atoms with Crippen LogP contribution in [0.5, 0.6) is 0 Å². The fourth-order valence-electron chi connectivity index (χ4n) is 5.40. The van der Waals surface area contributed by atoms with Crippen molar-refractivity contribution in [1.82, 2.24) is 14.4 Å². The number of fused-ring (bicyclic) bond motifs is 4. The van der Waals surface area contributed by atoms with Crippen molar-refractivity contribution >= 4 is 11.3 Å². The van der Waals surface area contributed by atoms with E-state index in [1.165, 1.54) is 17.7 Å². The molecule has 5 nitrogen and oxygen atoms in total. The highest BCUT2D eigenvalue weighted by molar-refractivity contribution is 7.07. The Bertz CT molecular complexity index is 878. The van der Waals surface area contributed by atoms with Crippen molar-refractivity contribution in [2.45, 2.75) is 50.9 Å². The molecule has 0 aliphatic carbocycles. The number of aliphatic hydroxyl groups excluding tert-OH is 1. The van der Waals surface area contributed by atoms with Crippen LogP contribution in [0.25, 0.3) is 0 Å². The highest BCUT2D eigenvalue weighted by atomic mass is 32.1. The lowest BCUT2D eigenvalue weighted by molar-refractivity contribution is 0.0663. The topological polar surface area (TPSA) is 48.7 Å². The summed E-state index contributed by atoms with van der Waals surface area (Å²) in [4.78, 5) is 18.0. The average molecular weight is 400 g/mol. The number of β-amino-alcohol motifs (C(OH)–C–C–N with tert-alkyl or cyclic N) is 1. The molecule has 0 unspecified atom stereocenters. The van der Waals surface area contributed by atoms with Gasteiger partial charge < -0.3 is 9.67 Å². The number of pyridine rings is 1. The van der Waals surface area contributed by atoms with E-state index in [0.29, 0.717) is 24.9 Å². The molecule has 0 amide bonds. The van der Waals surface area contributed by atoms with Crippen LogP contribution in [0.1, 0.15) is 42.0 Å². The molecule has 6 heteroatoms. The van der Waals surface area contributed by atoms with Crippen molar-refractivity contribution in [3.05, 3.63) is 56.1 Å². The molecule has 28 heavy (non-hydrogen) atoms. The van der Waals surface area contributed by atoms with E-state index >= 15 is 0 Å². The number of hydrogen-bond donors (Lipinski definition) is 1. The summed E-state index contributed by atoms with van der Waals surface area (Å²) in [5.74, 6) is 1.03. The van der Waals surface area contributed by atoms with Gasteiger partial charge in [-0.2, -0.15) is 11.3 Å². The number of aliphatic hydroxyl groups is 1. The SMILES string of the molecule is O=c1c(CN2CCC[C@H](O)C2)ccc2n1C[C@H]1C[C@@H]2CN(Cc2ccsc2)C1. The third-order valence-corrected chi connectivity index (χ3v) is 7.35. The monoisotopic (exact) mass is 399 g/mol. The van der Waals surface area contributed by atoms with Crippen LogP contribution in [0, 0.1) is 5.92 Å². The molecule has 0 spiro atoms. The Balaban J connectivity index is 1.34. The summed E-state index contributed by atoms with van der Waals surface area (Å²) in [6.45, 7) is 6.32. The summed E-state index contributed by atoms with van der Waals surface area (Å²) in [5.41, 5.74) is 3.70. The smallest absolute Gasteiger partial charge is 0.255 e. The fraction of sp³-hybridized carbons (Fsp3) is 0.591. The molecule has 5 rings (SSSR count). The first-order valence-corrected chi connectivity index (χ1v) is 11.5. The summed E-state index contributed by atoms with van der Waals surface area (Å²) in [7, 11) is 0. The lowest BCUT2D eigenvalue weighted by Gasteiger charge is -2.43. The van der Waals surface area contributed by atoms with E-state index in [9.17, 15) is 9.90 Å². The van der Waals surface area contributed by atoms with Gasteiger partial charge in [-0.25, -0.2) is 0 Å². The molecular formula is C22H29N3O2S. The molecule has 2 saturated heterocycles. The Labute approximate surface area is 170 Å². The normalized spacial score (nSPS) is 28.2. The molecule has 150 valence electrons. The molecule has 0 aromatic carbocycles. The van der Waals surface area contributed by atoms with Gasteiger partial charge in [-0.3, -0.25) is 14.6 Å². The van der Waals surface area contributed by atoms with Crippen molar-refractivity contribution in [3.8, 4) is 0 Å². The molecule has 2 fully saturated rings. The summed E-state index contributed by atoms with van der Waals surface area (Å²) >= 11 is 1.76. The quantitative estimate of drug-likeness (QED) is 0.858. The van der Waals surface area contributed by atoms with E-state index < -0.39 is 0 Å². The van der Waals surface area contributed by atoms with Crippen molar-refractivity contribution in [1.29, 1.82) is 0 Å². The van der Waals surface area contributed by atoms with Crippen molar-refractivity contribution in [2.24, 2.45) is 5.92 Å². The number of rotatable bonds is 4. The highest BCUT2D eigenvalue weighted by Crippen LogP contribution is 2.35. The van der Waals surface area contributed by atoms with Gasteiger partial charge in [0.25, 0.3) is 5.56 Å². The Kier molecular flexibility index (Phi) is 5.13. The zero-order chi connectivity index (χ0) is 19.1. The predicted molar refractivity (Wildman–Crippen MR) is 112 cm³/mol. The largest absolute Gasteiger partial charge is 0.392 e. The number of thiophene rings is 1. The molecule has 2 bridgehead atoms. The van der Waals surface area contributed by atoms with Gasteiger partial charge >= 0.3 is 0 Å². The Morgan fingerprint density at radius 1 is 1.07 bits per heavy atom. The standard InChI is InChI=1S/C22H29N3O2S/c26-20-2-1-6-23(14-20)12-18-3-4-21-19-8-17(11-25(21)22(18)27)10-24(13-19)9-16-5-7-28-15-16/h3-5,7,15,17,19-20,26H,1-2,6,8-14H2/t17-,19+,20-/m0/s1. The van der Waals surface area contributed by atoms with Gasteiger partial charge in [0.2, 0.25) is 0 Å². The molecule has 5 heterocycles. The lowest BCUT2D eigenvalue weighted by Crippen LogP contribution is -2.47. The Morgan fingerprint density at radius 3 is 2.82 bits per heavy atom. The van der Waals surface area contributed by atoms with Gasteiger partial charge in [-0.05, 0) is 60.2 Å². The van der Waals surface area contributed by atoms with Gasteiger partial charge in [0.05, 0.1) is 6.10 Å². The number of aromatic nitrogens is 1. The molecular weight excluding hydrogens is 370 g/mol. The van der Waals surface area contributed by atoms with Crippen LogP contribution in [-0.2, 0) is 19.6 Å². The second kappa shape index (κ2) is 7.75. The van der Waals surface area contributed by atoms with Crippen molar-refractivity contribution < 1.29 is 5.11 Å². The van der Waals surface area contributed by atoms with Gasteiger partial charge in [0.1, 0.15) is 0 Å². The molecule has 0 saturated carbocycles. The van der Waals surface area contributed by atoms with Crippen LogP contribution >= 0.6 is 11.3 Å². The Hall–Kier alpha value is -1.47. The lowest BCUT2D eigenvalue weighted by atomic mass is 9.83. The fourth-order valence-corrected chi connectivity index (χ4v) is 6.06. The second-order valence-corrected chi connectivity index (χ2v) is 9.63. The summed E-state index contributed by atoms with van der Waals surface area (Å²) < 4.78 is 2.07. The van der Waals surface area contributed by atoms with Crippen LogP contribution in [0.4, 0.5) is 0 Å². The maximum Gasteiger partial charge on any atom is 0.255 e. The van der Waals surface area contributed by atoms with Crippen LogP contribution in [-0.4, -0.2) is 51.8 Å². The first-order chi connectivity index (χ1) is 13.7. The maximum atomic E-state index is 13.2. The van der Waals surface area contributed by atoms with E-state index in [1.807, 2.05) is 6.07 Å².